The van der Waals surface area contributed by atoms with Gasteiger partial charge >= 0.3 is 6.03 Å². The number of carbonyl (C=O) groups excluding carboxylic acids is 1. The van der Waals surface area contributed by atoms with Gasteiger partial charge in [0.25, 0.3) is 0 Å². The van der Waals surface area contributed by atoms with E-state index in [0.29, 0.717) is 5.69 Å². The molecule has 2 amide bonds. The van der Waals surface area contributed by atoms with E-state index in [-0.39, 0.29) is 23.8 Å². The second-order valence-electron chi connectivity index (χ2n) is 6.70. The summed E-state index contributed by atoms with van der Waals surface area (Å²) in [5.41, 5.74) is 1.60. The summed E-state index contributed by atoms with van der Waals surface area (Å²) in [5.74, 6) is 0.908. The summed E-state index contributed by atoms with van der Waals surface area (Å²) in [6, 6.07) is 10.2. The number of nitrogens with one attached hydrogen (secondary N) is 2. The lowest BCUT2D eigenvalue weighted by atomic mass is 10.1. The van der Waals surface area contributed by atoms with Gasteiger partial charge in [-0.3, -0.25) is 0 Å². The Labute approximate surface area is 146 Å². The Balaban J connectivity index is 1.29. The number of rotatable bonds is 4. The first kappa shape index (κ1) is 15.9. The molecule has 5 nitrogen and oxygen atoms in total. The van der Waals surface area contributed by atoms with Crippen LogP contribution in [0.4, 0.5) is 20.7 Å². The number of nitrogens with zero attached hydrogens (tertiary/aromatic N) is 2. The summed E-state index contributed by atoms with van der Waals surface area (Å²) in [4.78, 5) is 18.8. The summed E-state index contributed by atoms with van der Waals surface area (Å²) in [6.45, 7) is 2.09. The molecule has 1 aromatic heterocycles. The van der Waals surface area contributed by atoms with Gasteiger partial charge in [-0.15, -0.1) is 0 Å². The van der Waals surface area contributed by atoms with Crippen LogP contribution in [0.5, 0.6) is 0 Å². The molecule has 2 aromatic rings. The number of amides is 2. The third-order valence-electron chi connectivity index (χ3n) is 4.82. The van der Waals surface area contributed by atoms with Crippen LogP contribution in [0.3, 0.4) is 0 Å². The first-order valence-corrected chi connectivity index (χ1v) is 8.73. The molecule has 0 bridgehead atoms. The molecule has 1 saturated carbocycles. The van der Waals surface area contributed by atoms with E-state index in [4.69, 9.17) is 0 Å². The Morgan fingerprint density at radius 3 is 2.76 bits per heavy atom. The van der Waals surface area contributed by atoms with Gasteiger partial charge in [0.1, 0.15) is 11.6 Å². The van der Waals surface area contributed by atoms with Crippen molar-refractivity contribution in [3.05, 3.63) is 54.0 Å². The number of anilines is 2. The molecular formula is C19H21FN4O. The van der Waals surface area contributed by atoms with E-state index in [9.17, 15) is 9.18 Å². The number of hydrogen-bond donors (Lipinski definition) is 2. The normalized spacial score (nSPS) is 21.9. The Hall–Kier alpha value is -2.63. The van der Waals surface area contributed by atoms with Gasteiger partial charge in [0.2, 0.25) is 0 Å². The minimum Gasteiger partial charge on any atom is -0.357 e. The zero-order valence-corrected chi connectivity index (χ0v) is 13.9. The molecule has 25 heavy (non-hydrogen) atoms. The highest BCUT2D eigenvalue weighted by Crippen LogP contribution is 2.40. The minimum absolute atomic E-state index is 0.0543. The topological polar surface area (TPSA) is 57.3 Å². The van der Waals surface area contributed by atoms with Crippen LogP contribution in [0.1, 0.15) is 30.7 Å². The van der Waals surface area contributed by atoms with E-state index in [2.05, 4.69) is 20.5 Å². The lowest BCUT2D eigenvalue weighted by Gasteiger charge is -2.16. The average Bonchev–Trinajstić information content (AvgIpc) is 3.15. The zero-order chi connectivity index (χ0) is 17.2. The highest BCUT2D eigenvalue weighted by atomic mass is 19.1. The van der Waals surface area contributed by atoms with Crippen LogP contribution in [0, 0.1) is 5.82 Å². The van der Waals surface area contributed by atoms with Gasteiger partial charge in [0.05, 0.1) is 11.9 Å². The van der Waals surface area contributed by atoms with Gasteiger partial charge in [-0.2, -0.15) is 0 Å². The molecule has 1 aromatic carbocycles. The molecule has 0 spiro atoms. The fourth-order valence-electron chi connectivity index (χ4n) is 3.39. The molecule has 1 aliphatic carbocycles. The van der Waals surface area contributed by atoms with Gasteiger partial charge in [0.15, 0.2) is 0 Å². The van der Waals surface area contributed by atoms with Gasteiger partial charge in [-0.05, 0) is 49.1 Å². The molecule has 2 heterocycles. The van der Waals surface area contributed by atoms with Gasteiger partial charge in [-0.1, -0.05) is 12.1 Å². The van der Waals surface area contributed by atoms with E-state index in [0.717, 1.165) is 30.9 Å². The SMILES string of the molecule is O=C(Nc1ccc(N2CCCC2)nc1)N[C@@H]1C[C@H]1c1cccc(F)c1. The molecule has 6 heteroatoms. The van der Waals surface area contributed by atoms with Crippen LogP contribution in [0.25, 0.3) is 0 Å². The largest absolute Gasteiger partial charge is 0.357 e. The summed E-state index contributed by atoms with van der Waals surface area (Å²) < 4.78 is 13.3. The monoisotopic (exact) mass is 340 g/mol. The molecule has 2 N–H and O–H groups in total. The molecule has 2 atom stereocenters. The third kappa shape index (κ3) is 3.73. The van der Waals surface area contributed by atoms with Crippen LogP contribution >= 0.6 is 0 Å². The van der Waals surface area contributed by atoms with Crippen molar-refractivity contribution in [3.8, 4) is 0 Å². The summed E-state index contributed by atoms with van der Waals surface area (Å²) in [5, 5.41) is 5.74. The average molecular weight is 340 g/mol. The fourth-order valence-corrected chi connectivity index (χ4v) is 3.39. The molecule has 130 valence electrons. The zero-order valence-electron chi connectivity index (χ0n) is 13.9. The number of carbonyl (C=O) groups is 1. The first-order chi connectivity index (χ1) is 12.2. The summed E-state index contributed by atoms with van der Waals surface area (Å²) in [6.07, 6.45) is 4.93. The van der Waals surface area contributed by atoms with E-state index >= 15 is 0 Å². The number of aromatic nitrogens is 1. The van der Waals surface area contributed by atoms with Gasteiger partial charge in [0, 0.05) is 25.0 Å². The molecule has 0 radical (unpaired) electrons. The van der Waals surface area contributed by atoms with Crippen LogP contribution in [0.2, 0.25) is 0 Å². The van der Waals surface area contributed by atoms with E-state index in [1.165, 1.54) is 25.0 Å². The molecule has 0 unspecified atom stereocenters. The minimum atomic E-state index is -0.250. The van der Waals surface area contributed by atoms with Crippen molar-refractivity contribution in [2.45, 2.75) is 31.2 Å². The number of halogens is 1. The highest BCUT2D eigenvalue weighted by molar-refractivity contribution is 5.89. The molecule has 1 aliphatic heterocycles. The lowest BCUT2D eigenvalue weighted by molar-refractivity contribution is 0.251. The number of pyridine rings is 1. The Kier molecular flexibility index (Phi) is 4.26. The van der Waals surface area contributed by atoms with Gasteiger partial charge in [-0.25, -0.2) is 14.2 Å². The number of hydrogen-bond acceptors (Lipinski definition) is 3. The Morgan fingerprint density at radius 2 is 2.04 bits per heavy atom. The molecule has 4 rings (SSSR count). The highest BCUT2D eigenvalue weighted by Gasteiger charge is 2.39. The second-order valence-corrected chi connectivity index (χ2v) is 6.70. The Bertz CT molecular complexity index is 758. The quantitative estimate of drug-likeness (QED) is 0.896. The van der Waals surface area contributed by atoms with Crippen LogP contribution in [-0.4, -0.2) is 30.1 Å². The van der Waals surface area contributed by atoms with Crippen molar-refractivity contribution in [1.82, 2.24) is 10.3 Å². The van der Waals surface area contributed by atoms with Gasteiger partial charge < -0.3 is 15.5 Å². The second kappa shape index (κ2) is 6.70. The maximum atomic E-state index is 13.3. The van der Waals surface area contributed by atoms with Crippen LogP contribution < -0.4 is 15.5 Å². The van der Waals surface area contributed by atoms with Crippen molar-refractivity contribution >= 4 is 17.5 Å². The molecule has 2 aliphatic rings. The van der Waals surface area contributed by atoms with Crippen molar-refractivity contribution in [2.75, 3.05) is 23.3 Å². The predicted octanol–water partition coefficient (Wildman–Crippen LogP) is 3.50. The fraction of sp³-hybridized carbons (Fsp3) is 0.368. The summed E-state index contributed by atoms with van der Waals surface area (Å²) in [7, 11) is 0. The maximum absolute atomic E-state index is 13.3. The van der Waals surface area contributed by atoms with Crippen LogP contribution in [0.15, 0.2) is 42.6 Å². The van der Waals surface area contributed by atoms with Crippen LogP contribution in [-0.2, 0) is 0 Å². The first-order valence-electron chi connectivity index (χ1n) is 8.73. The third-order valence-corrected chi connectivity index (χ3v) is 4.82. The smallest absolute Gasteiger partial charge is 0.319 e. The number of urea groups is 1. The lowest BCUT2D eigenvalue weighted by Crippen LogP contribution is -2.31. The number of benzene rings is 1. The van der Waals surface area contributed by atoms with E-state index in [1.807, 2.05) is 18.2 Å². The standard InChI is InChI=1S/C19H21FN4O/c20-14-5-3-4-13(10-14)16-11-17(16)23-19(25)22-15-6-7-18(21-12-15)24-8-1-2-9-24/h3-7,10,12,16-17H,1-2,8-9,11H2,(H2,22,23,25)/t16-,17+/m0/s1. The predicted molar refractivity (Wildman–Crippen MR) is 95.4 cm³/mol. The van der Waals surface area contributed by atoms with E-state index < -0.39 is 0 Å². The van der Waals surface area contributed by atoms with Crippen molar-refractivity contribution in [3.63, 3.8) is 0 Å². The van der Waals surface area contributed by atoms with Crippen molar-refractivity contribution < 1.29 is 9.18 Å². The summed E-state index contributed by atoms with van der Waals surface area (Å²) >= 11 is 0. The maximum Gasteiger partial charge on any atom is 0.319 e. The molecule has 2 fully saturated rings. The van der Waals surface area contributed by atoms with Crippen molar-refractivity contribution in [1.29, 1.82) is 0 Å². The Morgan fingerprint density at radius 1 is 1.20 bits per heavy atom. The molecular weight excluding hydrogens is 319 g/mol. The molecule has 1 saturated heterocycles. The van der Waals surface area contributed by atoms with E-state index in [1.54, 1.807) is 12.3 Å². The van der Waals surface area contributed by atoms with Crippen molar-refractivity contribution in [2.24, 2.45) is 0 Å².